The van der Waals surface area contributed by atoms with Crippen molar-refractivity contribution in [3.63, 3.8) is 0 Å². The molecule has 0 spiro atoms. The molecule has 1 aromatic rings. The van der Waals surface area contributed by atoms with Crippen molar-refractivity contribution in [3.05, 3.63) is 28.2 Å². The number of rotatable bonds is 2. The fraction of sp³-hybridized carbons (Fsp3) is 0.417. The zero-order valence-electron chi connectivity index (χ0n) is 9.11. The highest BCUT2D eigenvalue weighted by molar-refractivity contribution is 9.10. The monoisotopic (exact) mass is 283 g/mol. The van der Waals surface area contributed by atoms with Gasteiger partial charge in [0.15, 0.2) is 0 Å². The molecule has 1 aliphatic heterocycles. The minimum atomic E-state index is -0.859. The lowest BCUT2D eigenvalue weighted by Crippen LogP contribution is -2.21. The van der Waals surface area contributed by atoms with Crippen LogP contribution in [0.4, 0.5) is 5.69 Å². The van der Waals surface area contributed by atoms with Gasteiger partial charge in [0, 0.05) is 17.6 Å². The molecule has 2 rings (SSSR count). The van der Waals surface area contributed by atoms with Crippen LogP contribution in [0.15, 0.2) is 22.7 Å². The molecule has 1 unspecified atom stereocenters. The Labute approximate surface area is 103 Å². The van der Waals surface area contributed by atoms with Gasteiger partial charge in [0.05, 0.1) is 11.3 Å². The van der Waals surface area contributed by atoms with Crippen molar-refractivity contribution in [3.8, 4) is 0 Å². The van der Waals surface area contributed by atoms with E-state index in [9.17, 15) is 4.79 Å². The molecular weight excluding hydrogens is 270 g/mol. The molecule has 0 aliphatic carbocycles. The van der Waals surface area contributed by atoms with Crippen LogP contribution in [-0.2, 0) is 0 Å². The first kappa shape index (κ1) is 11.5. The van der Waals surface area contributed by atoms with Crippen LogP contribution in [0, 0.1) is 5.92 Å². The predicted molar refractivity (Wildman–Crippen MR) is 67.1 cm³/mol. The molecule has 86 valence electrons. The Bertz CT molecular complexity index is 419. The average Bonchev–Trinajstić information content (AvgIpc) is 2.64. The molecule has 1 saturated heterocycles. The van der Waals surface area contributed by atoms with E-state index in [1.165, 1.54) is 0 Å². The second-order valence-electron chi connectivity index (χ2n) is 4.31. The molecule has 1 atom stereocenters. The van der Waals surface area contributed by atoms with Crippen LogP contribution in [-0.4, -0.2) is 24.2 Å². The summed E-state index contributed by atoms with van der Waals surface area (Å²) in [7, 11) is 0. The lowest BCUT2D eigenvalue weighted by molar-refractivity contribution is 0.0697. The molecule has 4 heteroatoms. The Morgan fingerprint density at radius 3 is 2.88 bits per heavy atom. The molecule has 3 nitrogen and oxygen atoms in total. The van der Waals surface area contributed by atoms with E-state index in [1.807, 2.05) is 6.07 Å². The number of hydrogen-bond donors (Lipinski definition) is 1. The topological polar surface area (TPSA) is 40.5 Å². The molecule has 0 bridgehead atoms. The average molecular weight is 284 g/mol. The van der Waals surface area contributed by atoms with Gasteiger partial charge < -0.3 is 10.0 Å². The molecule has 1 heterocycles. The zero-order valence-corrected chi connectivity index (χ0v) is 10.7. The summed E-state index contributed by atoms with van der Waals surface area (Å²) in [5.41, 5.74) is 1.21. The van der Waals surface area contributed by atoms with Crippen molar-refractivity contribution in [1.29, 1.82) is 0 Å². The third-order valence-corrected chi connectivity index (χ3v) is 3.45. The third kappa shape index (κ3) is 2.21. The number of carbonyl (C=O) groups is 1. The molecule has 0 amide bonds. The van der Waals surface area contributed by atoms with Gasteiger partial charge in [-0.3, -0.25) is 0 Å². The van der Waals surface area contributed by atoms with Crippen LogP contribution >= 0.6 is 15.9 Å². The standard InChI is InChI=1S/C12H14BrNO2/c1-8-4-5-14(7-8)11-6-9(13)2-3-10(11)12(15)16/h2-3,6,8H,4-5,7H2,1H3,(H,15,16). The highest BCUT2D eigenvalue weighted by Crippen LogP contribution is 2.29. The second-order valence-corrected chi connectivity index (χ2v) is 5.22. The molecule has 16 heavy (non-hydrogen) atoms. The first-order valence-corrected chi connectivity index (χ1v) is 6.15. The van der Waals surface area contributed by atoms with Crippen LogP contribution in [0.3, 0.4) is 0 Å². The van der Waals surface area contributed by atoms with E-state index >= 15 is 0 Å². The van der Waals surface area contributed by atoms with Crippen LogP contribution in [0.25, 0.3) is 0 Å². The number of carboxylic acid groups (broad SMARTS) is 1. The molecule has 0 saturated carbocycles. The summed E-state index contributed by atoms with van der Waals surface area (Å²) in [6.07, 6.45) is 1.13. The minimum absolute atomic E-state index is 0.386. The summed E-state index contributed by atoms with van der Waals surface area (Å²) in [5.74, 6) is -0.220. The Morgan fingerprint density at radius 1 is 1.56 bits per heavy atom. The molecule has 1 fully saturated rings. The summed E-state index contributed by atoms with van der Waals surface area (Å²) in [6, 6.07) is 5.32. The zero-order chi connectivity index (χ0) is 11.7. The van der Waals surface area contributed by atoms with Crippen molar-refractivity contribution in [2.24, 2.45) is 5.92 Å². The Kier molecular flexibility index (Phi) is 3.19. The van der Waals surface area contributed by atoms with Gasteiger partial charge in [-0.1, -0.05) is 22.9 Å². The van der Waals surface area contributed by atoms with Crippen molar-refractivity contribution in [2.75, 3.05) is 18.0 Å². The van der Waals surface area contributed by atoms with Crippen molar-refractivity contribution in [2.45, 2.75) is 13.3 Å². The number of anilines is 1. The van der Waals surface area contributed by atoms with Gasteiger partial charge in [-0.25, -0.2) is 4.79 Å². The van der Waals surface area contributed by atoms with Crippen LogP contribution in [0.1, 0.15) is 23.7 Å². The summed E-state index contributed by atoms with van der Waals surface area (Å²) in [6.45, 7) is 4.08. The van der Waals surface area contributed by atoms with Crippen LogP contribution < -0.4 is 4.90 Å². The molecule has 1 N–H and O–H groups in total. The minimum Gasteiger partial charge on any atom is -0.478 e. The number of benzene rings is 1. The number of aromatic carboxylic acids is 1. The molecule has 0 aromatic heterocycles. The Balaban J connectivity index is 2.37. The van der Waals surface area contributed by atoms with Gasteiger partial charge in [0.2, 0.25) is 0 Å². The van der Waals surface area contributed by atoms with Crippen molar-refractivity contribution >= 4 is 27.6 Å². The SMILES string of the molecule is CC1CCN(c2cc(Br)ccc2C(=O)O)C1. The Morgan fingerprint density at radius 2 is 2.31 bits per heavy atom. The van der Waals surface area contributed by atoms with E-state index in [-0.39, 0.29) is 0 Å². The summed E-state index contributed by atoms with van der Waals surface area (Å²) < 4.78 is 0.923. The Hall–Kier alpha value is -1.03. The first-order chi connectivity index (χ1) is 7.58. The lowest BCUT2D eigenvalue weighted by atomic mass is 10.1. The number of halogens is 1. The van der Waals surface area contributed by atoms with E-state index < -0.39 is 5.97 Å². The van der Waals surface area contributed by atoms with Gasteiger partial charge in [-0.15, -0.1) is 0 Å². The van der Waals surface area contributed by atoms with Gasteiger partial charge in [-0.05, 0) is 30.5 Å². The quantitative estimate of drug-likeness (QED) is 0.907. The maximum atomic E-state index is 11.1. The summed E-state index contributed by atoms with van der Waals surface area (Å²) in [5, 5.41) is 9.14. The van der Waals surface area contributed by atoms with E-state index in [0.29, 0.717) is 11.5 Å². The van der Waals surface area contributed by atoms with Crippen LogP contribution in [0.5, 0.6) is 0 Å². The largest absolute Gasteiger partial charge is 0.478 e. The van der Waals surface area contributed by atoms with Gasteiger partial charge in [-0.2, -0.15) is 0 Å². The number of carboxylic acids is 1. The fourth-order valence-electron chi connectivity index (χ4n) is 2.10. The van der Waals surface area contributed by atoms with E-state index in [0.717, 1.165) is 29.7 Å². The first-order valence-electron chi connectivity index (χ1n) is 5.35. The molecular formula is C12H14BrNO2. The van der Waals surface area contributed by atoms with Crippen molar-refractivity contribution < 1.29 is 9.90 Å². The van der Waals surface area contributed by atoms with Crippen molar-refractivity contribution in [1.82, 2.24) is 0 Å². The molecule has 0 radical (unpaired) electrons. The van der Waals surface area contributed by atoms with E-state index in [2.05, 4.69) is 27.8 Å². The fourth-order valence-corrected chi connectivity index (χ4v) is 2.45. The smallest absolute Gasteiger partial charge is 0.337 e. The van der Waals surface area contributed by atoms with Gasteiger partial charge in [0.25, 0.3) is 0 Å². The third-order valence-electron chi connectivity index (χ3n) is 2.95. The molecule has 1 aromatic carbocycles. The maximum Gasteiger partial charge on any atom is 0.337 e. The number of nitrogens with zero attached hydrogens (tertiary/aromatic N) is 1. The predicted octanol–water partition coefficient (Wildman–Crippen LogP) is 2.99. The lowest BCUT2D eigenvalue weighted by Gasteiger charge is -2.20. The highest BCUT2D eigenvalue weighted by Gasteiger charge is 2.23. The van der Waals surface area contributed by atoms with Crippen LogP contribution in [0.2, 0.25) is 0 Å². The highest BCUT2D eigenvalue weighted by atomic mass is 79.9. The van der Waals surface area contributed by atoms with Gasteiger partial charge >= 0.3 is 5.97 Å². The normalized spacial score (nSPS) is 20.1. The van der Waals surface area contributed by atoms with E-state index in [4.69, 9.17) is 5.11 Å². The number of hydrogen-bond acceptors (Lipinski definition) is 2. The second kappa shape index (κ2) is 4.45. The summed E-state index contributed by atoms with van der Waals surface area (Å²) in [4.78, 5) is 13.3. The molecule has 1 aliphatic rings. The van der Waals surface area contributed by atoms with E-state index in [1.54, 1.807) is 12.1 Å². The van der Waals surface area contributed by atoms with Gasteiger partial charge in [0.1, 0.15) is 0 Å². The summed E-state index contributed by atoms with van der Waals surface area (Å²) >= 11 is 3.39. The maximum absolute atomic E-state index is 11.1.